The summed E-state index contributed by atoms with van der Waals surface area (Å²) in [6.07, 6.45) is -3.42. The van der Waals surface area contributed by atoms with E-state index >= 15 is 0 Å². The number of nitrogens with two attached hydrogens (primary N) is 1. The third kappa shape index (κ3) is 4.34. The van der Waals surface area contributed by atoms with Crippen molar-refractivity contribution in [3.05, 3.63) is 10.1 Å². The van der Waals surface area contributed by atoms with Gasteiger partial charge in [-0.3, -0.25) is 14.4 Å². The molecular weight excluding hydrogens is 264 g/mol. The summed E-state index contributed by atoms with van der Waals surface area (Å²) < 4.78 is 14.8. The lowest BCUT2D eigenvalue weighted by molar-refractivity contribution is -0.782. The molecule has 1 saturated heterocycles. The zero-order valence-electron chi connectivity index (χ0n) is 10.3. The van der Waals surface area contributed by atoms with E-state index in [0.717, 1.165) is 13.8 Å². The summed E-state index contributed by atoms with van der Waals surface area (Å²) >= 11 is 0. The Morgan fingerprint density at radius 2 is 1.89 bits per heavy atom. The summed E-state index contributed by atoms with van der Waals surface area (Å²) in [4.78, 5) is 36.4. The van der Waals surface area contributed by atoms with E-state index in [4.69, 9.17) is 19.9 Å². The molecule has 108 valence electrons. The molecule has 0 aliphatic carbocycles. The van der Waals surface area contributed by atoms with Crippen LogP contribution in [-0.4, -0.2) is 48.2 Å². The Bertz CT molecular complexity index is 373. The minimum absolute atomic E-state index is 0.232. The van der Waals surface area contributed by atoms with E-state index in [-0.39, 0.29) is 6.61 Å². The van der Waals surface area contributed by atoms with E-state index in [1.54, 1.807) is 0 Å². The van der Waals surface area contributed by atoms with Crippen LogP contribution >= 0.6 is 0 Å². The van der Waals surface area contributed by atoms with Crippen molar-refractivity contribution in [2.45, 2.75) is 38.4 Å². The highest BCUT2D eigenvalue weighted by Gasteiger charge is 2.44. The summed E-state index contributed by atoms with van der Waals surface area (Å²) in [5.74, 6) is -1.29. The Kier molecular flexibility index (Phi) is 5.01. The molecule has 19 heavy (non-hydrogen) atoms. The highest BCUT2D eigenvalue weighted by molar-refractivity contribution is 5.67. The second kappa shape index (κ2) is 6.29. The summed E-state index contributed by atoms with van der Waals surface area (Å²) in [6.45, 7) is 2.07. The van der Waals surface area contributed by atoms with Crippen LogP contribution in [0, 0.1) is 10.1 Å². The number of rotatable bonds is 4. The van der Waals surface area contributed by atoms with Gasteiger partial charge in [-0.25, -0.2) is 0 Å². The molecule has 0 amide bonds. The maximum absolute atomic E-state index is 11.0. The molecule has 0 radical (unpaired) electrons. The fourth-order valence-electron chi connectivity index (χ4n) is 1.64. The van der Waals surface area contributed by atoms with Gasteiger partial charge in [0.2, 0.25) is 6.29 Å². The zero-order valence-corrected chi connectivity index (χ0v) is 10.3. The first kappa shape index (κ1) is 15.1. The number of carbonyl (C=O) groups is 2. The topological polar surface area (TPSA) is 140 Å². The van der Waals surface area contributed by atoms with Crippen LogP contribution in [0.1, 0.15) is 13.8 Å². The summed E-state index contributed by atoms with van der Waals surface area (Å²) in [5.41, 5.74) is 5.66. The summed E-state index contributed by atoms with van der Waals surface area (Å²) in [5, 5.41) is 9.19. The Hall–Kier alpha value is -1.94. The SMILES string of the molecule is CC(=O)OC1COC(O[N+](=O)[O-])C(N)[C@@H]1OC(C)=O. The first-order valence-corrected chi connectivity index (χ1v) is 5.34. The van der Waals surface area contributed by atoms with Gasteiger partial charge in [0.1, 0.15) is 0 Å². The van der Waals surface area contributed by atoms with E-state index in [1.165, 1.54) is 0 Å². The smallest absolute Gasteiger partial charge is 0.303 e. The molecule has 1 aliphatic heterocycles. The van der Waals surface area contributed by atoms with Crippen molar-refractivity contribution in [3.8, 4) is 0 Å². The molecule has 2 N–H and O–H groups in total. The van der Waals surface area contributed by atoms with Gasteiger partial charge in [-0.05, 0) is 0 Å². The molecule has 0 aromatic carbocycles. The van der Waals surface area contributed by atoms with E-state index in [9.17, 15) is 19.7 Å². The van der Waals surface area contributed by atoms with Crippen LogP contribution in [0.5, 0.6) is 0 Å². The van der Waals surface area contributed by atoms with Gasteiger partial charge in [0.15, 0.2) is 12.2 Å². The molecule has 0 aromatic rings. The molecule has 1 fully saturated rings. The first-order chi connectivity index (χ1) is 8.81. The van der Waals surface area contributed by atoms with Gasteiger partial charge >= 0.3 is 11.9 Å². The van der Waals surface area contributed by atoms with Crippen LogP contribution in [0.3, 0.4) is 0 Å². The third-order valence-corrected chi connectivity index (χ3v) is 2.29. The molecule has 0 spiro atoms. The number of ether oxygens (including phenoxy) is 3. The van der Waals surface area contributed by atoms with Gasteiger partial charge in [-0.15, -0.1) is 10.1 Å². The third-order valence-electron chi connectivity index (χ3n) is 2.29. The van der Waals surface area contributed by atoms with Gasteiger partial charge < -0.3 is 19.9 Å². The van der Waals surface area contributed by atoms with Crippen molar-refractivity contribution >= 4 is 11.9 Å². The van der Waals surface area contributed by atoms with Crippen LogP contribution in [0.4, 0.5) is 0 Å². The fourth-order valence-corrected chi connectivity index (χ4v) is 1.64. The van der Waals surface area contributed by atoms with Gasteiger partial charge in [-0.1, -0.05) is 0 Å². The minimum Gasteiger partial charge on any atom is -0.457 e. The van der Waals surface area contributed by atoms with E-state index < -0.39 is 41.6 Å². The lowest BCUT2D eigenvalue weighted by atomic mass is 10.0. The summed E-state index contributed by atoms with van der Waals surface area (Å²) in [7, 11) is 0. The Balaban J connectivity index is 2.79. The lowest BCUT2D eigenvalue weighted by Crippen LogP contribution is -2.60. The van der Waals surface area contributed by atoms with Crippen LogP contribution in [0.2, 0.25) is 0 Å². The first-order valence-electron chi connectivity index (χ1n) is 5.34. The number of carbonyl (C=O) groups excluding carboxylic acids is 2. The molecule has 0 aromatic heterocycles. The maximum Gasteiger partial charge on any atom is 0.303 e. The monoisotopic (exact) mass is 278 g/mol. The minimum atomic E-state index is -1.40. The van der Waals surface area contributed by atoms with Gasteiger partial charge in [0, 0.05) is 13.8 Å². The van der Waals surface area contributed by atoms with Crippen molar-refractivity contribution in [1.82, 2.24) is 0 Å². The van der Waals surface area contributed by atoms with Gasteiger partial charge in [-0.2, -0.15) is 0 Å². The zero-order chi connectivity index (χ0) is 14.6. The predicted octanol–water partition coefficient (Wildman–Crippen LogP) is -1.26. The number of hydrogen-bond donors (Lipinski definition) is 1. The Morgan fingerprint density at radius 1 is 1.32 bits per heavy atom. The molecule has 1 rings (SSSR count). The van der Waals surface area contributed by atoms with Gasteiger partial charge in [0.25, 0.3) is 5.09 Å². The maximum atomic E-state index is 11.0. The molecule has 1 heterocycles. The van der Waals surface area contributed by atoms with Crippen LogP contribution in [-0.2, 0) is 28.6 Å². The largest absolute Gasteiger partial charge is 0.457 e. The Labute approximate surface area is 107 Å². The van der Waals surface area contributed by atoms with Crippen molar-refractivity contribution in [1.29, 1.82) is 0 Å². The fraction of sp³-hybridized carbons (Fsp3) is 0.778. The highest BCUT2D eigenvalue weighted by Crippen LogP contribution is 2.20. The normalized spacial score (nSPS) is 30.3. The van der Waals surface area contributed by atoms with E-state index in [1.807, 2.05) is 0 Å². The molecule has 4 atom stereocenters. The van der Waals surface area contributed by atoms with E-state index in [2.05, 4.69) is 4.84 Å². The standard InChI is InChI=1S/C9H14N2O8/c1-4(12)17-6-3-16-9(19-11(14)15)7(10)8(6)18-5(2)13/h6-9H,3,10H2,1-2H3/t6?,7?,8-,9?/m1/s1. The van der Waals surface area contributed by atoms with Crippen LogP contribution in [0.25, 0.3) is 0 Å². The summed E-state index contributed by atoms with van der Waals surface area (Å²) in [6, 6.07) is -1.16. The number of esters is 2. The average Bonchev–Trinajstić information content (AvgIpc) is 2.26. The van der Waals surface area contributed by atoms with Crippen molar-refractivity contribution in [3.63, 3.8) is 0 Å². The van der Waals surface area contributed by atoms with Crippen molar-refractivity contribution < 1.29 is 33.7 Å². The molecule has 10 heteroatoms. The number of nitrogens with zero attached hydrogens (tertiary/aromatic N) is 1. The predicted molar refractivity (Wildman–Crippen MR) is 56.9 cm³/mol. The lowest BCUT2D eigenvalue weighted by Gasteiger charge is -2.38. The molecule has 3 unspecified atom stereocenters. The Morgan fingerprint density at radius 3 is 2.37 bits per heavy atom. The van der Waals surface area contributed by atoms with Crippen LogP contribution < -0.4 is 5.73 Å². The molecule has 1 aliphatic rings. The average molecular weight is 278 g/mol. The van der Waals surface area contributed by atoms with Crippen molar-refractivity contribution in [2.75, 3.05) is 6.61 Å². The van der Waals surface area contributed by atoms with Crippen molar-refractivity contribution in [2.24, 2.45) is 5.73 Å². The number of hydrogen-bond acceptors (Lipinski definition) is 9. The second-order valence-corrected chi connectivity index (χ2v) is 3.83. The van der Waals surface area contributed by atoms with Crippen LogP contribution in [0.15, 0.2) is 0 Å². The van der Waals surface area contributed by atoms with Gasteiger partial charge in [0.05, 0.1) is 12.6 Å². The van der Waals surface area contributed by atoms with E-state index in [0.29, 0.717) is 0 Å². The second-order valence-electron chi connectivity index (χ2n) is 3.83. The quantitative estimate of drug-likeness (QED) is 0.379. The molecule has 0 saturated carbocycles. The molecular formula is C9H14N2O8. The molecule has 0 bridgehead atoms. The molecule has 10 nitrogen and oxygen atoms in total. The highest BCUT2D eigenvalue weighted by atomic mass is 17.0.